The number of unbranched alkanes of at least 4 members (excludes halogenated alkanes) is 1. The van der Waals surface area contributed by atoms with E-state index in [1.54, 1.807) is 47.4 Å². The van der Waals surface area contributed by atoms with Crippen LogP contribution < -0.4 is 27.4 Å². The Bertz CT molecular complexity index is 2450. The lowest BCUT2D eigenvalue weighted by molar-refractivity contribution is -0.127. The molecule has 6 rings (SSSR count). The molecule has 0 unspecified atom stereocenters. The molecule has 0 radical (unpaired) electrons. The molecule has 0 spiro atoms. The number of benzene rings is 4. The number of hydrogen-bond acceptors (Lipinski definition) is 10. The number of ether oxygens (including phenoxy) is 1. The van der Waals surface area contributed by atoms with Gasteiger partial charge in [0.15, 0.2) is 0 Å². The topological polar surface area (TPSA) is 239 Å². The Labute approximate surface area is 367 Å². The Hall–Kier alpha value is -6.56. The first-order valence-corrected chi connectivity index (χ1v) is 22.3. The lowest BCUT2D eigenvalue weighted by atomic mass is 10.0. The summed E-state index contributed by atoms with van der Waals surface area (Å²) in [5.74, 6) is -0.0655. The van der Waals surface area contributed by atoms with Gasteiger partial charge in [-0.2, -0.15) is 4.31 Å². The third kappa shape index (κ3) is 12.7. The summed E-state index contributed by atoms with van der Waals surface area (Å²) in [4.78, 5) is 56.0. The van der Waals surface area contributed by atoms with Gasteiger partial charge in [0.2, 0.25) is 15.9 Å². The summed E-state index contributed by atoms with van der Waals surface area (Å²) >= 11 is 0. The number of carbonyl (C=O) groups is 4. The van der Waals surface area contributed by atoms with Crippen LogP contribution in [0.4, 0.5) is 21.0 Å². The van der Waals surface area contributed by atoms with Crippen molar-refractivity contribution in [2.45, 2.75) is 63.6 Å². The molecule has 0 saturated carbocycles. The van der Waals surface area contributed by atoms with E-state index in [4.69, 9.17) is 16.2 Å². The molecule has 16 nitrogen and oxygen atoms in total. The first-order chi connectivity index (χ1) is 30.3. The SMILES string of the molecule is CCCN(Cc1ccc(CNC(=O)OCc2ccc(NC(=O)CCCCNC(N)=O)cc2)cc1)C(=O)C1=Cc2ccc(-c3cccc(S(=O)(=O)N4CC(CO)C4)c3)cc2N=C(N)C1. The molecule has 1 saturated heterocycles. The lowest BCUT2D eigenvalue weighted by Gasteiger charge is -2.36. The zero-order chi connectivity index (χ0) is 44.9. The van der Waals surface area contributed by atoms with Gasteiger partial charge >= 0.3 is 12.1 Å². The van der Waals surface area contributed by atoms with Crippen LogP contribution in [0.1, 0.15) is 61.3 Å². The first kappa shape index (κ1) is 46.0. The van der Waals surface area contributed by atoms with E-state index >= 15 is 0 Å². The number of fused-ring (bicyclic) bond motifs is 1. The Morgan fingerprint density at radius 1 is 0.905 bits per heavy atom. The molecule has 2 aliphatic rings. The lowest BCUT2D eigenvalue weighted by Crippen LogP contribution is -2.51. The maximum absolute atomic E-state index is 14.1. The summed E-state index contributed by atoms with van der Waals surface area (Å²) in [6.45, 7) is 4.12. The summed E-state index contributed by atoms with van der Waals surface area (Å²) in [7, 11) is -3.70. The highest BCUT2D eigenvalue weighted by molar-refractivity contribution is 7.89. The number of sulfonamides is 1. The monoisotopic (exact) mass is 878 g/mol. The number of aliphatic imine (C=N–C) groups is 1. The molecule has 332 valence electrons. The number of urea groups is 1. The zero-order valence-electron chi connectivity index (χ0n) is 35.2. The molecule has 17 heteroatoms. The van der Waals surface area contributed by atoms with Crippen LogP contribution in [0.2, 0.25) is 0 Å². The highest BCUT2D eigenvalue weighted by Gasteiger charge is 2.36. The van der Waals surface area contributed by atoms with Gasteiger partial charge in [-0.1, -0.05) is 67.6 Å². The molecular formula is C46H54N8O8S. The smallest absolute Gasteiger partial charge is 0.407 e. The van der Waals surface area contributed by atoms with Crippen LogP contribution in [0.15, 0.2) is 106 Å². The highest BCUT2D eigenvalue weighted by Crippen LogP contribution is 2.34. The molecule has 5 amide bonds. The molecule has 0 bridgehead atoms. The fourth-order valence-corrected chi connectivity index (χ4v) is 8.78. The van der Waals surface area contributed by atoms with Gasteiger partial charge in [0.1, 0.15) is 12.4 Å². The average Bonchev–Trinajstić information content (AvgIpc) is 3.42. The number of aliphatic hydroxyl groups excluding tert-OH is 1. The van der Waals surface area contributed by atoms with Crippen LogP contribution in [-0.2, 0) is 44.0 Å². The number of amides is 5. The molecule has 4 aromatic rings. The molecule has 8 N–H and O–H groups in total. The molecular weight excluding hydrogens is 825 g/mol. The van der Waals surface area contributed by atoms with Gasteiger partial charge < -0.3 is 42.2 Å². The van der Waals surface area contributed by atoms with Gasteiger partial charge in [0.25, 0.3) is 5.91 Å². The average molecular weight is 879 g/mol. The number of nitrogens with two attached hydrogens (primary N) is 2. The van der Waals surface area contributed by atoms with Crippen LogP contribution in [0.3, 0.4) is 0 Å². The van der Waals surface area contributed by atoms with Gasteiger partial charge in [0.05, 0.1) is 10.6 Å². The highest BCUT2D eigenvalue weighted by atomic mass is 32.2. The number of nitrogens with one attached hydrogen (secondary N) is 3. The van der Waals surface area contributed by atoms with Gasteiger partial charge in [-0.3, -0.25) is 9.59 Å². The fraction of sp³-hybridized carbons (Fsp3) is 0.326. The fourth-order valence-electron chi connectivity index (χ4n) is 7.14. The third-order valence-electron chi connectivity index (χ3n) is 10.6. The van der Waals surface area contributed by atoms with E-state index in [0.717, 1.165) is 28.7 Å². The van der Waals surface area contributed by atoms with Crippen molar-refractivity contribution < 1.29 is 37.4 Å². The molecule has 0 aromatic heterocycles. The van der Waals surface area contributed by atoms with Crippen molar-refractivity contribution in [3.8, 4) is 11.1 Å². The normalized spacial score (nSPS) is 13.9. The summed E-state index contributed by atoms with van der Waals surface area (Å²) in [6, 6.07) is 26.3. The second kappa shape index (κ2) is 21.5. The Kier molecular flexibility index (Phi) is 15.7. The molecule has 4 aromatic carbocycles. The molecule has 2 heterocycles. The first-order valence-electron chi connectivity index (χ1n) is 20.9. The molecule has 1 fully saturated rings. The number of hydrogen-bond donors (Lipinski definition) is 6. The minimum Gasteiger partial charge on any atom is -0.445 e. The Morgan fingerprint density at radius 3 is 2.33 bits per heavy atom. The standard InChI is InChI=1S/C46H54N8O8S/c1-2-20-53(26-32-11-9-31(10-12-32)25-50-46(59)62-30-33-13-17-39(18-14-33)51-43(56)8-3-4-19-49-45(48)58)44(57)38-21-37-16-15-36(23-41(37)52-42(47)24-38)35-6-5-7-40(22-35)63(60,61)54-27-34(28-54)29-55/h5-7,9-18,21-23,34,55H,2-4,8,19-20,24-30H2,1H3,(H2,47,52)(H,50,59)(H,51,56)(H3,48,49,58). The summed E-state index contributed by atoms with van der Waals surface area (Å²) in [5.41, 5.74) is 17.8. The maximum atomic E-state index is 14.1. The summed E-state index contributed by atoms with van der Waals surface area (Å²) in [6.07, 6.45) is 3.68. The summed E-state index contributed by atoms with van der Waals surface area (Å²) in [5, 5.41) is 17.4. The number of carbonyl (C=O) groups excluding carboxylic acids is 4. The van der Waals surface area contributed by atoms with E-state index < -0.39 is 22.1 Å². The van der Waals surface area contributed by atoms with Crippen molar-refractivity contribution >= 4 is 57.2 Å². The van der Waals surface area contributed by atoms with Crippen LogP contribution in [0, 0.1) is 5.92 Å². The molecule has 63 heavy (non-hydrogen) atoms. The van der Waals surface area contributed by atoms with E-state index in [9.17, 15) is 32.7 Å². The van der Waals surface area contributed by atoms with E-state index in [1.807, 2.05) is 61.5 Å². The molecule has 0 atom stereocenters. The number of alkyl carbamates (subject to hydrolysis) is 1. The van der Waals surface area contributed by atoms with E-state index in [2.05, 4.69) is 20.9 Å². The quantitative estimate of drug-likeness (QED) is 0.0662. The number of primary amides is 1. The summed E-state index contributed by atoms with van der Waals surface area (Å²) < 4.78 is 33.2. The van der Waals surface area contributed by atoms with Crippen LogP contribution >= 0.6 is 0 Å². The van der Waals surface area contributed by atoms with Crippen molar-refractivity contribution in [1.29, 1.82) is 0 Å². The van der Waals surface area contributed by atoms with Gasteiger partial charge in [0, 0.05) is 81.5 Å². The van der Waals surface area contributed by atoms with Crippen LogP contribution in [-0.4, -0.2) is 85.3 Å². The Balaban J connectivity index is 0.997. The van der Waals surface area contributed by atoms with Crippen molar-refractivity contribution in [1.82, 2.24) is 19.8 Å². The number of aliphatic hydroxyl groups is 1. The van der Waals surface area contributed by atoms with Gasteiger partial charge in [-0.25, -0.2) is 23.0 Å². The van der Waals surface area contributed by atoms with Crippen LogP contribution in [0.25, 0.3) is 17.2 Å². The number of anilines is 1. The van der Waals surface area contributed by atoms with E-state index in [1.165, 1.54) is 4.31 Å². The molecule has 0 aliphatic carbocycles. The van der Waals surface area contributed by atoms with Gasteiger partial charge in [-0.05, 0) is 83.5 Å². The third-order valence-corrected chi connectivity index (χ3v) is 12.4. The predicted octanol–water partition coefficient (Wildman–Crippen LogP) is 5.38. The van der Waals surface area contributed by atoms with Crippen LogP contribution in [0.5, 0.6) is 0 Å². The minimum atomic E-state index is -3.70. The molecule has 2 aliphatic heterocycles. The van der Waals surface area contributed by atoms with Crippen molar-refractivity contribution in [2.75, 3.05) is 38.1 Å². The maximum Gasteiger partial charge on any atom is 0.407 e. The second-order valence-corrected chi connectivity index (χ2v) is 17.5. The van der Waals surface area contributed by atoms with Crippen molar-refractivity contribution in [3.63, 3.8) is 0 Å². The van der Waals surface area contributed by atoms with Gasteiger partial charge in [-0.15, -0.1) is 0 Å². The van der Waals surface area contributed by atoms with Crippen molar-refractivity contribution in [3.05, 3.63) is 119 Å². The number of amidine groups is 1. The van der Waals surface area contributed by atoms with Crippen molar-refractivity contribution in [2.24, 2.45) is 22.4 Å². The zero-order valence-corrected chi connectivity index (χ0v) is 36.0. The Morgan fingerprint density at radius 2 is 1.62 bits per heavy atom. The number of nitrogens with zero attached hydrogens (tertiary/aromatic N) is 3. The minimum absolute atomic E-state index is 0.0451. The second-order valence-electron chi connectivity index (χ2n) is 15.6. The largest absolute Gasteiger partial charge is 0.445 e. The van der Waals surface area contributed by atoms with E-state index in [-0.39, 0.29) is 54.6 Å². The predicted molar refractivity (Wildman–Crippen MR) is 241 cm³/mol. The number of rotatable bonds is 19. The van der Waals surface area contributed by atoms with E-state index in [0.29, 0.717) is 80.1 Å².